The number of nitrogens with one attached hydrogen (secondary N) is 1. The van der Waals surface area contributed by atoms with Crippen molar-refractivity contribution < 1.29 is 8.78 Å². The van der Waals surface area contributed by atoms with Crippen LogP contribution in [0.1, 0.15) is 37.8 Å². The molecule has 1 nitrogen and oxygen atoms in total. The van der Waals surface area contributed by atoms with Gasteiger partial charge in [-0.05, 0) is 31.9 Å². The number of halogens is 2. The number of rotatable bonds is 4. The van der Waals surface area contributed by atoms with E-state index in [1.54, 1.807) is 12.1 Å². The van der Waals surface area contributed by atoms with Crippen LogP contribution in [0.3, 0.4) is 0 Å². The van der Waals surface area contributed by atoms with E-state index in [1.807, 2.05) is 6.92 Å². The molecule has 1 N–H and O–H groups in total. The van der Waals surface area contributed by atoms with Gasteiger partial charge in [0.05, 0.1) is 6.04 Å². The Bertz CT molecular complexity index is 426. The molecular weight excluding hydrogens is 220 g/mol. The molecule has 0 amide bonds. The fourth-order valence-electron chi connectivity index (χ4n) is 2.35. The van der Waals surface area contributed by atoms with Crippen molar-refractivity contribution >= 4 is 0 Å². The minimum atomic E-state index is -0.774. The first kappa shape index (κ1) is 12.2. The van der Waals surface area contributed by atoms with Gasteiger partial charge in [-0.2, -0.15) is 0 Å². The van der Waals surface area contributed by atoms with Crippen LogP contribution >= 0.6 is 0 Å². The van der Waals surface area contributed by atoms with Crippen LogP contribution in [0.25, 0.3) is 0 Å². The predicted octanol–water partition coefficient (Wildman–Crippen LogP) is 3.73. The maximum Gasteiger partial charge on any atom is 0.163 e. The lowest BCUT2D eigenvalue weighted by molar-refractivity contribution is 0.479. The third-order valence-electron chi connectivity index (χ3n) is 3.15. The van der Waals surface area contributed by atoms with E-state index in [-0.39, 0.29) is 6.04 Å². The van der Waals surface area contributed by atoms with Crippen molar-refractivity contribution in [2.45, 2.75) is 32.2 Å². The highest BCUT2D eigenvalue weighted by Gasteiger charge is 2.22. The van der Waals surface area contributed by atoms with E-state index < -0.39 is 11.6 Å². The minimum Gasteiger partial charge on any atom is -0.307 e. The quantitative estimate of drug-likeness (QED) is 0.787. The maximum atomic E-state index is 13.8. The molecule has 0 radical (unpaired) electrons. The highest BCUT2D eigenvalue weighted by Crippen LogP contribution is 2.32. The average Bonchev–Trinajstić information content (AvgIpc) is 2.84. The van der Waals surface area contributed by atoms with Crippen LogP contribution in [0.2, 0.25) is 0 Å². The van der Waals surface area contributed by atoms with Gasteiger partial charge in [-0.3, -0.25) is 0 Å². The summed E-state index contributed by atoms with van der Waals surface area (Å²) in [7, 11) is 0. The van der Waals surface area contributed by atoms with Crippen LogP contribution in [-0.4, -0.2) is 6.54 Å². The summed E-state index contributed by atoms with van der Waals surface area (Å²) in [4.78, 5) is 0. The van der Waals surface area contributed by atoms with E-state index in [0.717, 1.165) is 31.9 Å². The summed E-state index contributed by atoms with van der Waals surface area (Å²) in [6.45, 7) is 2.71. The second-order valence-electron chi connectivity index (χ2n) is 4.31. The van der Waals surface area contributed by atoms with Crippen molar-refractivity contribution in [3.63, 3.8) is 0 Å². The number of benzene rings is 1. The Morgan fingerprint density at radius 2 is 2.18 bits per heavy atom. The molecule has 92 valence electrons. The first-order chi connectivity index (χ1) is 8.24. The average molecular weight is 237 g/mol. The topological polar surface area (TPSA) is 12.0 Å². The van der Waals surface area contributed by atoms with Gasteiger partial charge >= 0.3 is 0 Å². The van der Waals surface area contributed by atoms with Crippen molar-refractivity contribution in [2.24, 2.45) is 0 Å². The first-order valence-corrected chi connectivity index (χ1v) is 6.10. The van der Waals surface area contributed by atoms with Gasteiger partial charge in [0, 0.05) is 5.56 Å². The Hall–Kier alpha value is -1.22. The monoisotopic (exact) mass is 237 g/mol. The summed E-state index contributed by atoms with van der Waals surface area (Å²) in [6.07, 6.45) is 5.24. The summed E-state index contributed by atoms with van der Waals surface area (Å²) in [5, 5.41) is 3.23. The molecule has 0 aromatic heterocycles. The fourth-order valence-corrected chi connectivity index (χ4v) is 2.35. The van der Waals surface area contributed by atoms with Gasteiger partial charge in [-0.15, -0.1) is 0 Å². The van der Waals surface area contributed by atoms with Crippen molar-refractivity contribution in [1.82, 2.24) is 5.32 Å². The van der Waals surface area contributed by atoms with Gasteiger partial charge in [0.15, 0.2) is 11.6 Å². The van der Waals surface area contributed by atoms with Gasteiger partial charge < -0.3 is 5.32 Å². The number of allylic oxidation sites excluding steroid dienone is 1. The van der Waals surface area contributed by atoms with E-state index in [2.05, 4.69) is 11.4 Å². The smallest absolute Gasteiger partial charge is 0.163 e. The first-order valence-electron chi connectivity index (χ1n) is 6.10. The molecule has 1 aromatic rings. The molecule has 1 aliphatic rings. The zero-order chi connectivity index (χ0) is 12.3. The van der Waals surface area contributed by atoms with E-state index in [4.69, 9.17) is 0 Å². The zero-order valence-corrected chi connectivity index (χ0v) is 9.97. The molecule has 1 unspecified atom stereocenters. The van der Waals surface area contributed by atoms with Crippen LogP contribution in [0.4, 0.5) is 8.78 Å². The molecular formula is C14H17F2N. The number of hydrogen-bond donors (Lipinski definition) is 1. The molecule has 1 aliphatic carbocycles. The summed E-state index contributed by atoms with van der Waals surface area (Å²) in [5.41, 5.74) is 1.59. The second kappa shape index (κ2) is 5.41. The lowest BCUT2D eigenvalue weighted by Crippen LogP contribution is -2.23. The minimum absolute atomic E-state index is 0.182. The van der Waals surface area contributed by atoms with E-state index in [9.17, 15) is 8.78 Å². The Labute approximate surface area is 101 Å². The second-order valence-corrected chi connectivity index (χ2v) is 4.31. The van der Waals surface area contributed by atoms with Gasteiger partial charge in [-0.25, -0.2) is 8.78 Å². The van der Waals surface area contributed by atoms with Gasteiger partial charge in [-0.1, -0.05) is 30.7 Å². The predicted molar refractivity (Wildman–Crippen MR) is 64.7 cm³/mol. The Morgan fingerprint density at radius 3 is 2.82 bits per heavy atom. The van der Waals surface area contributed by atoms with E-state index >= 15 is 0 Å². The number of hydrogen-bond acceptors (Lipinski definition) is 1. The molecule has 0 heterocycles. The summed E-state index contributed by atoms with van der Waals surface area (Å²) < 4.78 is 27.0. The van der Waals surface area contributed by atoms with Gasteiger partial charge in [0.2, 0.25) is 0 Å². The molecule has 2 rings (SSSR count). The lowest BCUT2D eigenvalue weighted by Gasteiger charge is -2.20. The summed E-state index contributed by atoms with van der Waals surface area (Å²) in [6, 6.07) is 4.20. The van der Waals surface area contributed by atoms with Crippen LogP contribution in [0, 0.1) is 11.6 Å². The summed E-state index contributed by atoms with van der Waals surface area (Å²) in [5.74, 6) is -1.50. The Morgan fingerprint density at radius 1 is 1.35 bits per heavy atom. The molecule has 3 heteroatoms. The van der Waals surface area contributed by atoms with E-state index in [1.165, 1.54) is 5.57 Å². The van der Waals surface area contributed by atoms with Gasteiger partial charge in [0.1, 0.15) is 0 Å². The summed E-state index contributed by atoms with van der Waals surface area (Å²) >= 11 is 0. The largest absolute Gasteiger partial charge is 0.307 e. The molecule has 0 saturated carbocycles. The molecule has 17 heavy (non-hydrogen) atoms. The molecule has 0 aliphatic heterocycles. The van der Waals surface area contributed by atoms with Crippen molar-refractivity contribution in [3.8, 4) is 0 Å². The van der Waals surface area contributed by atoms with E-state index in [0.29, 0.717) is 5.56 Å². The lowest BCUT2D eigenvalue weighted by atomic mass is 9.97. The molecule has 0 bridgehead atoms. The van der Waals surface area contributed by atoms with Gasteiger partial charge in [0.25, 0.3) is 0 Å². The molecule has 0 spiro atoms. The van der Waals surface area contributed by atoms with Crippen LogP contribution in [-0.2, 0) is 0 Å². The fraction of sp³-hybridized carbons (Fsp3) is 0.429. The third-order valence-corrected chi connectivity index (χ3v) is 3.15. The van der Waals surface area contributed by atoms with Crippen molar-refractivity contribution in [3.05, 3.63) is 47.0 Å². The Kier molecular flexibility index (Phi) is 3.89. The third kappa shape index (κ3) is 2.55. The maximum absolute atomic E-state index is 13.8. The van der Waals surface area contributed by atoms with Crippen LogP contribution in [0.5, 0.6) is 0 Å². The molecule has 0 saturated heterocycles. The highest BCUT2D eigenvalue weighted by atomic mass is 19.2. The standard InChI is InChI=1S/C14H17F2N/c1-2-17-14(10-6-3-4-7-10)11-8-5-9-12(15)13(11)16/h5-6,8-9,14,17H,2-4,7H2,1H3. The normalized spacial score (nSPS) is 17.0. The molecule has 0 fully saturated rings. The zero-order valence-electron chi connectivity index (χ0n) is 9.97. The SMILES string of the molecule is CCNC(C1=CCCC1)c1cccc(F)c1F. The highest BCUT2D eigenvalue weighted by molar-refractivity contribution is 5.31. The Balaban J connectivity index is 2.35. The molecule has 1 aromatic carbocycles. The number of likely N-dealkylation sites (N-methyl/N-ethyl adjacent to an activating group) is 1. The van der Waals surface area contributed by atoms with Crippen LogP contribution in [0.15, 0.2) is 29.8 Å². The van der Waals surface area contributed by atoms with Crippen molar-refractivity contribution in [2.75, 3.05) is 6.54 Å². The molecule has 1 atom stereocenters. The van der Waals surface area contributed by atoms with Crippen molar-refractivity contribution in [1.29, 1.82) is 0 Å². The van der Waals surface area contributed by atoms with Crippen LogP contribution < -0.4 is 5.32 Å².